The summed E-state index contributed by atoms with van der Waals surface area (Å²) in [5, 5.41) is 0.785. The molecule has 1 atom stereocenters. The fourth-order valence-corrected chi connectivity index (χ4v) is 5.11. The molecule has 0 bridgehead atoms. The van der Waals surface area contributed by atoms with Gasteiger partial charge in [-0.05, 0) is 30.9 Å². The molecule has 0 spiro atoms. The minimum atomic E-state index is -4.14. The maximum atomic E-state index is 13.5. The summed E-state index contributed by atoms with van der Waals surface area (Å²) < 4.78 is 66.6. The molecule has 1 aliphatic rings. The van der Waals surface area contributed by atoms with E-state index >= 15 is 0 Å². The van der Waals surface area contributed by atoms with Crippen LogP contribution in [0.3, 0.4) is 0 Å². The molecule has 3 nitrogen and oxygen atoms in total. The van der Waals surface area contributed by atoms with Gasteiger partial charge in [0.2, 0.25) is 14.8 Å². The van der Waals surface area contributed by atoms with Gasteiger partial charge in [0.05, 0.1) is 10.5 Å². The second-order valence-corrected chi connectivity index (χ2v) is 8.52. The maximum Gasteiger partial charge on any atom is 0.600 e. The first-order valence-electron chi connectivity index (χ1n) is 7.62. The molecule has 0 saturated heterocycles. The number of hydrogen-bond acceptors (Lipinski definition) is 3. The van der Waals surface area contributed by atoms with Gasteiger partial charge in [0.15, 0.2) is 9.58 Å². The van der Waals surface area contributed by atoms with E-state index in [0.717, 1.165) is 43.1 Å². The summed E-state index contributed by atoms with van der Waals surface area (Å²) in [6, 6.07) is 7.45. The Balaban J connectivity index is 0.000000471. The standard InChI is InChI=1S/C16H18F3S.BrO3/c1-2-4-11-7-8-13-10-15(12-5-3-6-12)20(14(13)9-11)16(17,18)19;2-1(3)4/h7-10,12H,2-6H2,1H3;/q+1;-1. The molecule has 0 radical (unpaired) electrons. The fraction of sp³-hybridized carbons (Fsp3) is 0.500. The Labute approximate surface area is 146 Å². The molecule has 134 valence electrons. The molecule has 0 amide bonds. The van der Waals surface area contributed by atoms with E-state index in [0.29, 0.717) is 9.58 Å². The molecule has 0 aliphatic heterocycles. The van der Waals surface area contributed by atoms with Crippen LogP contribution in [0.2, 0.25) is 0 Å². The molecular formula is C16H18BrF3O3S. The highest BCUT2D eigenvalue weighted by molar-refractivity contribution is 7.38. The van der Waals surface area contributed by atoms with E-state index in [4.69, 9.17) is 12.6 Å². The Hall–Kier alpha value is -0.670. The minimum Gasteiger partial charge on any atom is -0.405 e. The van der Waals surface area contributed by atoms with Crippen LogP contribution in [0.25, 0.3) is 10.1 Å². The van der Waals surface area contributed by atoms with Gasteiger partial charge in [0.1, 0.15) is 0 Å². The number of fused-ring (bicyclic) bond motifs is 1. The van der Waals surface area contributed by atoms with Crippen LogP contribution in [0.4, 0.5) is 13.2 Å². The topological polar surface area (TPSA) is 69.2 Å². The quantitative estimate of drug-likeness (QED) is 0.708. The van der Waals surface area contributed by atoms with E-state index in [1.807, 2.05) is 18.2 Å². The first kappa shape index (κ1) is 19.7. The molecule has 3 rings (SSSR count). The Morgan fingerprint density at radius 3 is 2.25 bits per heavy atom. The van der Waals surface area contributed by atoms with Crippen molar-refractivity contribution in [1.29, 1.82) is 0 Å². The van der Waals surface area contributed by atoms with E-state index in [9.17, 15) is 13.2 Å². The Morgan fingerprint density at radius 1 is 1.17 bits per heavy atom. The molecule has 8 heteroatoms. The lowest BCUT2D eigenvalue weighted by molar-refractivity contribution is -1.73. The minimum absolute atomic E-state index is 0.155. The van der Waals surface area contributed by atoms with E-state index in [1.165, 1.54) is 0 Å². The fourth-order valence-electron chi connectivity index (χ4n) is 2.89. The smallest absolute Gasteiger partial charge is 0.405 e. The molecule has 1 saturated carbocycles. The van der Waals surface area contributed by atoms with Gasteiger partial charge in [0, 0.05) is 23.4 Å². The first-order chi connectivity index (χ1) is 11.2. The Kier molecular flexibility index (Phi) is 6.66. The highest BCUT2D eigenvalue weighted by Gasteiger charge is 2.50. The zero-order chi connectivity index (χ0) is 17.9. The lowest BCUT2D eigenvalue weighted by Crippen LogP contribution is -2.42. The van der Waals surface area contributed by atoms with Crippen LogP contribution in [0.1, 0.15) is 49.0 Å². The zero-order valence-corrected chi connectivity index (χ0v) is 15.5. The lowest BCUT2D eigenvalue weighted by Gasteiger charge is -2.21. The predicted octanol–water partition coefficient (Wildman–Crippen LogP) is 2.72. The monoisotopic (exact) mass is 426 g/mol. The third-order valence-corrected chi connectivity index (χ3v) is 6.29. The average Bonchev–Trinajstić information content (AvgIpc) is 2.74. The molecule has 2 aromatic rings. The molecule has 1 fully saturated rings. The summed E-state index contributed by atoms with van der Waals surface area (Å²) in [5.41, 5.74) is -3.12. The maximum absolute atomic E-state index is 13.5. The van der Waals surface area contributed by atoms with Crippen molar-refractivity contribution in [3.8, 4) is 0 Å². The number of benzene rings is 1. The normalized spacial score (nSPS) is 16.1. The third-order valence-electron chi connectivity index (χ3n) is 4.11. The van der Waals surface area contributed by atoms with E-state index in [1.54, 1.807) is 6.07 Å². The SMILES string of the molecule is CCCc1ccc2cc(C3CCC3)[s+](C(F)(F)F)c2c1.[O-][Br+2]([O-])[O-]. The van der Waals surface area contributed by atoms with Crippen molar-refractivity contribution in [2.45, 2.75) is 50.5 Å². The Bertz CT molecular complexity index is 678. The molecule has 1 heterocycles. The second-order valence-electron chi connectivity index (χ2n) is 5.74. The van der Waals surface area contributed by atoms with Gasteiger partial charge in [-0.2, -0.15) is 0 Å². The van der Waals surface area contributed by atoms with E-state index in [2.05, 4.69) is 6.92 Å². The van der Waals surface area contributed by atoms with Gasteiger partial charge in [-0.1, -0.05) is 25.8 Å². The van der Waals surface area contributed by atoms with Crippen molar-refractivity contribution in [3.63, 3.8) is 0 Å². The Morgan fingerprint density at radius 2 is 1.79 bits per heavy atom. The second kappa shape index (κ2) is 8.14. The summed E-state index contributed by atoms with van der Waals surface area (Å²) in [6.07, 6.45) is 4.71. The van der Waals surface area contributed by atoms with Crippen LogP contribution in [0, 0.1) is 14.8 Å². The van der Waals surface area contributed by atoms with Crippen molar-refractivity contribution in [3.05, 3.63) is 34.7 Å². The number of halogens is 4. The van der Waals surface area contributed by atoms with Crippen LogP contribution in [-0.4, -0.2) is 0 Å². The van der Waals surface area contributed by atoms with Gasteiger partial charge in [-0.15, -0.1) is 13.2 Å². The van der Waals surface area contributed by atoms with Crippen LogP contribution < -0.4 is 12.6 Å². The molecule has 1 unspecified atom stereocenters. The van der Waals surface area contributed by atoms with Crippen molar-refractivity contribution in [2.75, 3.05) is 0 Å². The van der Waals surface area contributed by atoms with E-state index < -0.39 is 30.8 Å². The summed E-state index contributed by atoms with van der Waals surface area (Å²) in [4.78, 5) is 0.632. The van der Waals surface area contributed by atoms with Crippen LogP contribution in [-0.2, 0) is 11.9 Å². The highest BCUT2D eigenvalue weighted by Crippen LogP contribution is 2.56. The number of thiophene rings is 1. The van der Waals surface area contributed by atoms with Crippen molar-refractivity contribution in [1.82, 2.24) is 0 Å². The summed E-state index contributed by atoms with van der Waals surface area (Å²) in [5.74, 6) is 0.155. The van der Waals surface area contributed by atoms with Gasteiger partial charge in [-0.25, -0.2) is 0 Å². The number of aryl methyl sites for hydroxylation is 1. The van der Waals surface area contributed by atoms with Gasteiger partial charge < -0.3 is 12.6 Å². The lowest BCUT2D eigenvalue weighted by atomic mass is 9.84. The molecule has 1 aromatic carbocycles. The van der Waals surface area contributed by atoms with Crippen LogP contribution in [0.5, 0.6) is 0 Å². The highest BCUT2D eigenvalue weighted by atomic mass is 80.0. The zero-order valence-electron chi connectivity index (χ0n) is 13.1. The predicted molar refractivity (Wildman–Crippen MR) is 78.3 cm³/mol. The molecular weight excluding hydrogens is 409 g/mol. The number of alkyl halides is 3. The van der Waals surface area contributed by atoms with Crippen molar-refractivity contribution < 1.29 is 40.6 Å². The number of rotatable bonds is 3. The molecule has 24 heavy (non-hydrogen) atoms. The van der Waals surface area contributed by atoms with E-state index in [-0.39, 0.29) is 5.92 Å². The van der Waals surface area contributed by atoms with Crippen molar-refractivity contribution in [2.24, 2.45) is 0 Å². The summed E-state index contributed by atoms with van der Waals surface area (Å²) >= 11 is -3.65. The molecule has 0 N–H and O–H groups in total. The van der Waals surface area contributed by atoms with Crippen LogP contribution in [0.15, 0.2) is 24.3 Å². The average molecular weight is 427 g/mol. The summed E-state index contributed by atoms with van der Waals surface area (Å²) in [7, 11) is -1.69. The number of hydrogen-bond donors (Lipinski definition) is 0. The van der Waals surface area contributed by atoms with Crippen LogP contribution >= 0.6 is 10.5 Å². The summed E-state index contributed by atoms with van der Waals surface area (Å²) in [6.45, 7) is 2.05. The molecule has 1 aliphatic carbocycles. The van der Waals surface area contributed by atoms with Gasteiger partial charge >= 0.3 is 5.51 Å². The molecule has 1 aromatic heterocycles. The van der Waals surface area contributed by atoms with Gasteiger partial charge in [-0.3, -0.25) is 0 Å². The van der Waals surface area contributed by atoms with Crippen molar-refractivity contribution >= 4 is 20.6 Å². The third kappa shape index (κ3) is 4.70. The van der Waals surface area contributed by atoms with Gasteiger partial charge in [0.25, 0.3) is 0 Å². The largest absolute Gasteiger partial charge is 0.600 e. The first-order valence-corrected chi connectivity index (χ1v) is 10.8.